The SMILES string of the molecule is CCc1cc(OC)ccc1C1=Cc2ccc(OC)cc2CC1. The van der Waals surface area contributed by atoms with E-state index in [1.54, 1.807) is 14.2 Å². The summed E-state index contributed by atoms with van der Waals surface area (Å²) in [6.45, 7) is 2.19. The Hall–Kier alpha value is -2.22. The third-order valence-corrected chi connectivity index (χ3v) is 4.38. The fourth-order valence-corrected chi connectivity index (χ4v) is 3.11. The summed E-state index contributed by atoms with van der Waals surface area (Å²) in [5.41, 5.74) is 6.79. The number of methoxy groups -OCH3 is 2. The minimum atomic E-state index is 0.933. The lowest BCUT2D eigenvalue weighted by atomic mass is 9.86. The number of benzene rings is 2. The third kappa shape index (κ3) is 2.74. The van der Waals surface area contributed by atoms with Crippen molar-refractivity contribution in [1.82, 2.24) is 0 Å². The van der Waals surface area contributed by atoms with Crippen molar-refractivity contribution in [1.29, 1.82) is 0 Å². The van der Waals surface area contributed by atoms with Crippen LogP contribution in [0.4, 0.5) is 0 Å². The zero-order chi connectivity index (χ0) is 15.5. The van der Waals surface area contributed by atoms with Gasteiger partial charge in [0.25, 0.3) is 0 Å². The van der Waals surface area contributed by atoms with Gasteiger partial charge >= 0.3 is 0 Å². The predicted molar refractivity (Wildman–Crippen MR) is 91.6 cm³/mol. The number of fused-ring (bicyclic) bond motifs is 1. The molecule has 0 unspecified atom stereocenters. The molecule has 0 atom stereocenters. The van der Waals surface area contributed by atoms with E-state index in [1.807, 2.05) is 6.07 Å². The number of aryl methyl sites for hydroxylation is 2. The van der Waals surface area contributed by atoms with Crippen molar-refractivity contribution in [2.45, 2.75) is 26.2 Å². The molecule has 2 aromatic rings. The van der Waals surface area contributed by atoms with Gasteiger partial charge in [0.2, 0.25) is 0 Å². The monoisotopic (exact) mass is 294 g/mol. The highest BCUT2D eigenvalue weighted by molar-refractivity contribution is 5.86. The molecule has 3 rings (SSSR count). The van der Waals surface area contributed by atoms with Gasteiger partial charge in [-0.05, 0) is 71.4 Å². The summed E-state index contributed by atoms with van der Waals surface area (Å²) in [4.78, 5) is 0. The van der Waals surface area contributed by atoms with Crippen molar-refractivity contribution in [3.05, 3.63) is 58.7 Å². The molecule has 0 saturated heterocycles. The van der Waals surface area contributed by atoms with Crippen LogP contribution in [0.2, 0.25) is 0 Å². The van der Waals surface area contributed by atoms with Gasteiger partial charge in [0.1, 0.15) is 11.5 Å². The van der Waals surface area contributed by atoms with E-state index in [0.29, 0.717) is 0 Å². The average Bonchev–Trinajstić information content (AvgIpc) is 2.60. The Labute approximate surface area is 132 Å². The molecule has 1 aliphatic carbocycles. The second-order valence-corrected chi connectivity index (χ2v) is 5.61. The molecular formula is C20H22O2. The molecule has 1 aliphatic rings. The van der Waals surface area contributed by atoms with Gasteiger partial charge in [-0.25, -0.2) is 0 Å². The molecule has 2 nitrogen and oxygen atoms in total. The minimum Gasteiger partial charge on any atom is -0.497 e. The molecule has 0 aliphatic heterocycles. The summed E-state index contributed by atoms with van der Waals surface area (Å²) in [5, 5.41) is 0. The van der Waals surface area contributed by atoms with Gasteiger partial charge < -0.3 is 9.47 Å². The van der Waals surface area contributed by atoms with Gasteiger partial charge in [-0.1, -0.05) is 25.1 Å². The molecule has 0 spiro atoms. The third-order valence-electron chi connectivity index (χ3n) is 4.38. The lowest BCUT2D eigenvalue weighted by Crippen LogP contribution is -2.02. The summed E-state index contributed by atoms with van der Waals surface area (Å²) in [6, 6.07) is 12.7. The zero-order valence-corrected chi connectivity index (χ0v) is 13.5. The van der Waals surface area contributed by atoms with E-state index in [2.05, 4.69) is 43.3 Å². The molecular weight excluding hydrogens is 272 g/mol. The highest BCUT2D eigenvalue weighted by Crippen LogP contribution is 2.34. The van der Waals surface area contributed by atoms with Gasteiger partial charge in [-0.15, -0.1) is 0 Å². The van der Waals surface area contributed by atoms with Gasteiger partial charge in [0.05, 0.1) is 14.2 Å². The second-order valence-electron chi connectivity index (χ2n) is 5.61. The first kappa shape index (κ1) is 14.7. The van der Waals surface area contributed by atoms with Crippen LogP contribution in [0.3, 0.4) is 0 Å². The van der Waals surface area contributed by atoms with Crippen LogP contribution in [0, 0.1) is 0 Å². The Balaban J connectivity index is 2.00. The number of hydrogen-bond donors (Lipinski definition) is 0. The molecule has 0 fully saturated rings. The molecule has 0 bridgehead atoms. The number of hydrogen-bond acceptors (Lipinski definition) is 2. The molecule has 0 heterocycles. The Bertz CT molecular complexity index is 714. The van der Waals surface area contributed by atoms with Crippen LogP contribution in [0.1, 0.15) is 35.6 Å². The topological polar surface area (TPSA) is 18.5 Å². The molecule has 114 valence electrons. The van der Waals surface area contributed by atoms with E-state index in [0.717, 1.165) is 30.8 Å². The first-order valence-corrected chi connectivity index (χ1v) is 7.80. The molecule has 0 amide bonds. The lowest BCUT2D eigenvalue weighted by molar-refractivity contribution is 0.414. The van der Waals surface area contributed by atoms with Crippen LogP contribution in [0.5, 0.6) is 11.5 Å². The first-order valence-electron chi connectivity index (χ1n) is 7.80. The summed E-state index contributed by atoms with van der Waals surface area (Å²) >= 11 is 0. The summed E-state index contributed by atoms with van der Waals surface area (Å²) in [6.07, 6.45) is 5.46. The van der Waals surface area contributed by atoms with Crippen LogP contribution in [0.25, 0.3) is 11.6 Å². The number of allylic oxidation sites excluding steroid dienone is 1. The van der Waals surface area contributed by atoms with Crippen molar-refractivity contribution in [2.24, 2.45) is 0 Å². The van der Waals surface area contributed by atoms with Crippen LogP contribution >= 0.6 is 0 Å². The summed E-state index contributed by atoms with van der Waals surface area (Å²) < 4.78 is 10.7. The van der Waals surface area contributed by atoms with E-state index in [9.17, 15) is 0 Å². The van der Waals surface area contributed by atoms with E-state index in [-0.39, 0.29) is 0 Å². The standard InChI is InChI=1S/C20H22O2/c1-4-14-12-19(22-3)9-10-20(14)17-6-5-16-13-18(21-2)8-7-15(16)11-17/h7-13H,4-6H2,1-3H3. The largest absolute Gasteiger partial charge is 0.497 e. The maximum absolute atomic E-state index is 5.35. The number of ether oxygens (including phenoxy) is 2. The Morgan fingerprint density at radius 1 is 0.909 bits per heavy atom. The zero-order valence-electron chi connectivity index (χ0n) is 13.5. The molecule has 0 aromatic heterocycles. The maximum atomic E-state index is 5.35. The van der Waals surface area contributed by atoms with Crippen LogP contribution in [0.15, 0.2) is 36.4 Å². The number of rotatable bonds is 4. The highest BCUT2D eigenvalue weighted by atomic mass is 16.5. The summed E-state index contributed by atoms with van der Waals surface area (Å²) in [7, 11) is 3.44. The molecule has 0 radical (unpaired) electrons. The van der Waals surface area contributed by atoms with E-state index >= 15 is 0 Å². The van der Waals surface area contributed by atoms with Crippen molar-refractivity contribution < 1.29 is 9.47 Å². The van der Waals surface area contributed by atoms with Gasteiger partial charge in [0, 0.05) is 0 Å². The lowest BCUT2D eigenvalue weighted by Gasteiger charge is -2.20. The fourth-order valence-electron chi connectivity index (χ4n) is 3.11. The first-order chi connectivity index (χ1) is 10.7. The smallest absolute Gasteiger partial charge is 0.119 e. The summed E-state index contributed by atoms with van der Waals surface area (Å²) in [5.74, 6) is 1.87. The Morgan fingerprint density at radius 3 is 2.36 bits per heavy atom. The van der Waals surface area contributed by atoms with Gasteiger partial charge in [-0.3, -0.25) is 0 Å². The quantitative estimate of drug-likeness (QED) is 0.810. The van der Waals surface area contributed by atoms with E-state index in [1.165, 1.54) is 27.8 Å². The fraction of sp³-hybridized carbons (Fsp3) is 0.300. The normalized spacial score (nSPS) is 13.3. The van der Waals surface area contributed by atoms with Gasteiger partial charge in [0.15, 0.2) is 0 Å². The maximum Gasteiger partial charge on any atom is 0.119 e. The minimum absolute atomic E-state index is 0.933. The predicted octanol–water partition coefficient (Wildman–Crippen LogP) is 4.75. The van der Waals surface area contributed by atoms with Crippen LogP contribution in [-0.2, 0) is 12.8 Å². The van der Waals surface area contributed by atoms with Crippen molar-refractivity contribution in [3.8, 4) is 11.5 Å². The Morgan fingerprint density at radius 2 is 1.64 bits per heavy atom. The van der Waals surface area contributed by atoms with Crippen molar-refractivity contribution in [2.75, 3.05) is 14.2 Å². The molecule has 22 heavy (non-hydrogen) atoms. The molecule has 0 saturated carbocycles. The van der Waals surface area contributed by atoms with E-state index < -0.39 is 0 Å². The van der Waals surface area contributed by atoms with Crippen LogP contribution in [-0.4, -0.2) is 14.2 Å². The average molecular weight is 294 g/mol. The highest BCUT2D eigenvalue weighted by Gasteiger charge is 2.15. The molecule has 2 heteroatoms. The molecule has 0 N–H and O–H groups in total. The van der Waals surface area contributed by atoms with Crippen molar-refractivity contribution >= 4 is 11.6 Å². The Kier molecular flexibility index (Phi) is 4.19. The second kappa shape index (κ2) is 6.27. The van der Waals surface area contributed by atoms with E-state index in [4.69, 9.17) is 9.47 Å². The van der Waals surface area contributed by atoms with Crippen molar-refractivity contribution in [3.63, 3.8) is 0 Å². The molecule has 2 aromatic carbocycles. The van der Waals surface area contributed by atoms with Gasteiger partial charge in [-0.2, -0.15) is 0 Å². The van der Waals surface area contributed by atoms with Crippen LogP contribution < -0.4 is 9.47 Å².